The van der Waals surface area contributed by atoms with E-state index >= 15 is 0 Å². The Bertz CT molecular complexity index is 690. The summed E-state index contributed by atoms with van der Waals surface area (Å²) in [7, 11) is 0. The van der Waals surface area contributed by atoms with Crippen LogP contribution in [0.1, 0.15) is 18.5 Å². The van der Waals surface area contributed by atoms with Gasteiger partial charge in [0.2, 0.25) is 5.75 Å². The van der Waals surface area contributed by atoms with Crippen LogP contribution in [0.25, 0.3) is 0 Å². The molecule has 2 aromatic carbocycles. The molecule has 1 unspecified atom stereocenters. The highest BCUT2D eigenvalue weighted by molar-refractivity contribution is 5.50. The first kappa shape index (κ1) is 14.9. The van der Waals surface area contributed by atoms with Crippen LogP contribution in [0.2, 0.25) is 0 Å². The summed E-state index contributed by atoms with van der Waals surface area (Å²) in [5.74, 6) is -1.95. The Morgan fingerprint density at radius 2 is 2.00 bits per heavy atom. The molecule has 0 aliphatic heterocycles. The first-order valence-corrected chi connectivity index (χ1v) is 6.06. The Labute approximate surface area is 119 Å². The lowest BCUT2D eigenvalue weighted by molar-refractivity contribution is -0.385. The number of nitro groups is 1. The Hall–Kier alpha value is -2.54. The second-order valence-electron chi connectivity index (χ2n) is 4.42. The molecule has 0 amide bonds. The topological polar surface area (TPSA) is 78.4 Å². The zero-order chi connectivity index (χ0) is 15.6. The summed E-state index contributed by atoms with van der Waals surface area (Å²) in [4.78, 5) is 10.1. The van der Waals surface area contributed by atoms with Crippen LogP contribution in [0.15, 0.2) is 36.4 Å². The number of hydrogen-bond donors (Lipinski definition) is 1. The van der Waals surface area contributed by atoms with Gasteiger partial charge < -0.3 is 10.5 Å². The van der Waals surface area contributed by atoms with Crippen LogP contribution in [-0.2, 0) is 0 Å². The molecule has 0 saturated carbocycles. The van der Waals surface area contributed by atoms with Crippen molar-refractivity contribution in [3.05, 3.63) is 63.7 Å². The summed E-state index contributed by atoms with van der Waals surface area (Å²) < 4.78 is 32.2. The van der Waals surface area contributed by atoms with Crippen molar-refractivity contribution in [2.45, 2.75) is 13.0 Å². The molecule has 21 heavy (non-hydrogen) atoms. The molecule has 2 aromatic rings. The quantitative estimate of drug-likeness (QED) is 0.689. The minimum atomic E-state index is -0.801. The summed E-state index contributed by atoms with van der Waals surface area (Å²) >= 11 is 0. The van der Waals surface area contributed by atoms with Crippen molar-refractivity contribution in [2.75, 3.05) is 0 Å². The van der Waals surface area contributed by atoms with E-state index < -0.39 is 28.3 Å². The molecule has 0 fully saturated rings. The zero-order valence-corrected chi connectivity index (χ0v) is 11.0. The maximum Gasteiger partial charge on any atom is 0.314 e. The van der Waals surface area contributed by atoms with E-state index in [-0.39, 0.29) is 11.5 Å². The summed E-state index contributed by atoms with van der Waals surface area (Å²) in [6.07, 6.45) is 0. The number of benzene rings is 2. The maximum absolute atomic E-state index is 13.9. The number of nitrogens with zero attached hydrogens (tertiary/aromatic N) is 1. The number of hydrogen-bond acceptors (Lipinski definition) is 4. The monoisotopic (exact) mass is 294 g/mol. The highest BCUT2D eigenvalue weighted by Crippen LogP contribution is 2.36. The molecule has 2 rings (SSSR count). The van der Waals surface area contributed by atoms with Crippen LogP contribution < -0.4 is 10.5 Å². The number of halogens is 2. The average Bonchev–Trinajstić information content (AvgIpc) is 2.42. The molecular formula is C14H12F2N2O3. The van der Waals surface area contributed by atoms with Crippen molar-refractivity contribution in [1.82, 2.24) is 0 Å². The van der Waals surface area contributed by atoms with Crippen LogP contribution in [0.3, 0.4) is 0 Å². The van der Waals surface area contributed by atoms with Crippen molar-refractivity contribution >= 4 is 5.69 Å². The molecule has 110 valence electrons. The van der Waals surface area contributed by atoms with Crippen molar-refractivity contribution < 1.29 is 18.4 Å². The largest absolute Gasteiger partial charge is 0.447 e. The van der Waals surface area contributed by atoms with Crippen molar-refractivity contribution in [3.63, 3.8) is 0 Å². The second kappa shape index (κ2) is 5.84. The van der Waals surface area contributed by atoms with Gasteiger partial charge in [0.15, 0.2) is 11.6 Å². The summed E-state index contributed by atoms with van der Waals surface area (Å²) in [5.41, 5.74) is 5.48. The molecule has 0 aromatic heterocycles. The minimum Gasteiger partial charge on any atom is -0.447 e. The molecule has 7 heteroatoms. The fourth-order valence-electron chi connectivity index (χ4n) is 1.82. The molecule has 0 aliphatic carbocycles. The molecule has 0 heterocycles. The van der Waals surface area contributed by atoms with E-state index in [0.29, 0.717) is 11.6 Å². The molecule has 0 saturated heterocycles. The van der Waals surface area contributed by atoms with E-state index in [1.54, 1.807) is 13.0 Å². The predicted octanol–water partition coefficient (Wildman–Crippen LogP) is 3.69. The van der Waals surface area contributed by atoms with Crippen LogP contribution in [0, 0.1) is 21.7 Å². The number of rotatable bonds is 4. The van der Waals surface area contributed by atoms with Crippen molar-refractivity contribution in [2.24, 2.45) is 5.73 Å². The molecule has 1 atom stereocenters. The lowest BCUT2D eigenvalue weighted by Crippen LogP contribution is -2.08. The standard InChI is InChI=1S/C14H12F2N2O3/c1-8(17)10-3-2-4-11(16)14(10)21-13-6-5-9(15)7-12(13)18(19)20/h2-8H,17H2,1H3. The van der Waals surface area contributed by atoms with E-state index in [9.17, 15) is 18.9 Å². The molecule has 5 nitrogen and oxygen atoms in total. The zero-order valence-electron chi connectivity index (χ0n) is 11.0. The summed E-state index contributed by atoms with van der Waals surface area (Å²) in [5, 5.41) is 10.9. The van der Waals surface area contributed by atoms with Crippen LogP contribution in [0.4, 0.5) is 14.5 Å². The van der Waals surface area contributed by atoms with Gasteiger partial charge in [-0.3, -0.25) is 10.1 Å². The van der Waals surface area contributed by atoms with Crippen molar-refractivity contribution in [3.8, 4) is 11.5 Å². The number of nitro benzene ring substituents is 1. The normalized spacial score (nSPS) is 12.0. The van der Waals surface area contributed by atoms with Gasteiger partial charge in [-0.2, -0.15) is 0 Å². The van der Waals surface area contributed by atoms with Gasteiger partial charge in [-0.15, -0.1) is 0 Å². The van der Waals surface area contributed by atoms with Gasteiger partial charge in [-0.25, -0.2) is 8.78 Å². The Morgan fingerprint density at radius 3 is 2.62 bits per heavy atom. The third-order valence-electron chi connectivity index (χ3n) is 2.82. The highest BCUT2D eigenvalue weighted by atomic mass is 19.1. The Morgan fingerprint density at radius 1 is 1.29 bits per heavy atom. The average molecular weight is 294 g/mol. The fraction of sp³-hybridized carbons (Fsp3) is 0.143. The first-order chi connectivity index (χ1) is 9.90. The fourth-order valence-corrected chi connectivity index (χ4v) is 1.82. The number of ether oxygens (including phenoxy) is 1. The van der Waals surface area contributed by atoms with Gasteiger partial charge in [-0.05, 0) is 25.1 Å². The maximum atomic E-state index is 13.9. The van der Waals surface area contributed by atoms with Gasteiger partial charge in [0.05, 0.1) is 11.0 Å². The smallest absolute Gasteiger partial charge is 0.314 e. The van der Waals surface area contributed by atoms with E-state index in [1.807, 2.05) is 0 Å². The summed E-state index contributed by atoms with van der Waals surface area (Å²) in [6, 6.07) is 6.41. The number of para-hydroxylation sites is 1. The van der Waals surface area contributed by atoms with Gasteiger partial charge >= 0.3 is 5.69 Å². The summed E-state index contributed by atoms with van der Waals surface area (Å²) in [6.45, 7) is 1.63. The lowest BCUT2D eigenvalue weighted by atomic mass is 10.1. The second-order valence-corrected chi connectivity index (χ2v) is 4.42. The molecule has 0 bridgehead atoms. The molecule has 0 aliphatic rings. The van der Waals surface area contributed by atoms with E-state index in [4.69, 9.17) is 10.5 Å². The minimum absolute atomic E-state index is 0.206. The number of nitrogens with two attached hydrogens (primary N) is 1. The molecular weight excluding hydrogens is 282 g/mol. The SMILES string of the molecule is CC(N)c1cccc(F)c1Oc1ccc(F)cc1[N+](=O)[O-]. The van der Waals surface area contributed by atoms with Gasteiger partial charge in [0, 0.05) is 11.6 Å². The molecule has 0 spiro atoms. The molecule has 2 N–H and O–H groups in total. The van der Waals surface area contributed by atoms with Gasteiger partial charge in [-0.1, -0.05) is 12.1 Å². The highest BCUT2D eigenvalue weighted by Gasteiger charge is 2.21. The van der Waals surface area contributed by atoms with Crippen LogP contribution in [-0.4, -0.2) is 4.92 Å². The van der Waals surface area contributed by atoms with Crippen LogP contribution in [0.5, 0.6) is 11.5 Å². The Balaban J connectivity index is 2.51. The first-order valence-electron chi connectivity index (χ1n) is 6.06. The lowest BCUT2D eigenvalue weighted by Gasteiger charge is -2.14. The van der Waals surface area contributed by atoms with Crippen molar-refractivity contribution in [1.29, 1.82) is 0 Å². The van der Waals surface area contributed by atoms with Crippen LogP contribution >= 0.6 is 0 Å². The van der Waals surface area contributed by atoms with Gasteiger partial charge in [0.25, 0.3) is 0 Å². The van der Waals surface area contributed by atoms with Gasteiger partial charge in [0.1, 0.15) is 5.82 Å². The van der Waals surface area contributed by atoms with E-state index in [2.05, 4.69) is 0 Å². The molecule has 0 radical (unpaired) electrons. The van der Waals surface area contributed by atoms with E-state index in [1.165, 1.54) is 6.07 Å². The Kier molecular flexibility index (Phi) is 4.13. The third-order valence-corrected chi connectivity index (χ3v) is 2.82. The van der Waals surface area contributed by atoms with E-state index in [0.717, 1.165) is 18.2 Å². The third kappa shape index (κ3) is 3.14. The predicted molar refractivity (Wildman–Crippen MR) is 72.1 cm³/mol.